The molecule has 5 N–H and O–H groups in total. The molecule has 0 unspecified atom stereocenters. The van der Waals surface area contributed by atoms with Gasteiger partial charge in [-0.2, -0.15) is 0 Å². The van der Waals surface area contributed by atoms with E-state index in [1.165, 1.54) is 0 Å². The third-order valence-corrected chi connectivity index (χ3v) is 1.13. The van der Waals surface area contributed by atoms with Gasteiger partial charge in [-0.25, -0.2) is 9.97 Å². The Balaban J connectivity index is 0.000000810. The van der Waals surface area contributed by atoms with Gasteiger partial charge in [-0.05, 0) is 13.8 Å². The van der Waals surface area contributed by atoms with Gasteiger partial charge in [0, 0.05) is 11.8 Å². The topological polar surface area (TPSA) is 86.8 Å². The number of nitrogen functional groups attached to an aromatic ring is 1. The summed E-state index contributed by atoms with van der Waals surface area (Å²) in [4.78, 5) is 7.89. The van der Waals surface area contributed by atoms with E-state index in [2.05, 4.69) is 9.97 Å². The van der Waals surface area contributed by atoms with Crippen LogP contribution in [0.2, 0.25) is 0 Å². The van der Waals surface area contributed by atoms with Gasteiger partial charge in [-0.3, -0.25) is 0 Å². The highest BCUT2D eigenvalue weighted by atomic mass is 14.9. The summed E-state index contributed by atoms with van der Waals surface area (Å²) in [6.45, 7) is 3.70. The van der Waals surface area contributed by atoms with Gasteiger partial charge in [0.25, 0.3) is 0 Å². The van der Waals surface area contributed by atoms with Crippen LogP contribution in [0.1, 0.15) is 11.4 Å². The highest BCUT2D eigenvalue weighted by Gasteiger charge is 1.92. The molecule has 56 valence electrons. The summed E-state index contributed by atoms with van der Waals surface area (Å²) in [7, 11) is 0. The summed E-state index contributed by atoms with van der Waals surface area (Å²) >= 11 is 0. The van der Waals surface area contributed by atoms with Crippen LogP contribution in [0.5, 0.6) is 0 Å². The predicted molar refractivity (Wildman–Crippen MR) is 40.9 cm³/mol. The Morgan fingerprint density at radius 3 is 2.40 bits per heavy atom. The van der Waals surface area contributed by atoms with Crippen LogP contribution in [0.3, 0.4) is 0 Å². The molecule has 0 saturated carbocycles. The Bertz CT molecular complexity index is 221. The van der Waals surface area contributed by atoms with Crippen molar-refractivity contribution in [1.82, 2.24) is 16.1 Å². The molecule has 0 spiro atoms. The summed E-state index contributed by atoms with van der Waals surface area (Å²) in [6, 6.07) is 0. The minimum Gasteiger partial charge on any atom is -0.383 e. The smallest absolute Gasteiger partial charge is 0.129 e. The van der Waals surface area contributed by atoms with Gasteiger partial charge in [0.15, 0.2) is 0 Å². The van der Waals surface area contributed by atoms with Crippen molar-refractivity contribution in [3.05, 3.63) is 17.6 Å². The molecule has 0 bridgehead atoms. The van der Waals surface area contributed by atoms with Crippen molar-refractivity contribution >= 4 is 5.82 Å². The summed E-state index contributed by atoms with van der Waals surface area (Å²) in [5, 5.41) is 0. The molecule has 0 aliphatic rings. The van der Waals surface area contributed by atoms with Gasteiger partial charge in [0.2, 0.25) is 0 Å². The lowest BCUT2D eigenvalue weighted by Gasteiger charge is -1.96. The Labute approximate surface area is 60.1 Å². The lowest BCUT2D eigenvalue weighted by Crippen LogP contribution is -1.97. The third-order valence-electron chi connectivity index (χ3n) is 1.13. The van der Waals surface area contributed by atoms with Crippen LogP contribution >= 0.6 is 0 Å². The molecule has 1 aromatic heterocycles. The van der Waals surface area contributed by atoms with Crippen LogP contribution in [0.25, 0.3) is 0 Å². The fourth-order valence-corrected chi connectivity index (χ4v) is 0.548. The first-order valence-corrected chi connectivity index (χ1v) is 2.76. The van der Waals surface area contributed by atoms with Crippen molar-refractivity contribution in [2.24, 2.45) is 0 Å². The van der Waals surface area contributed by atoms with Crippen molar-refractivity contribution in [3.63, 3.8) is 0 Å². The molecule has 4 nitrogen and oxygen atoms in total. The van der Waals surface area contributed by atoms with Gasteiger partial charge in [0.1, 0.15) is 11.6 Å². The standard InChI is InChI=1S/C6H9N3.H3N/c1-4-3-8-5(2)9-6(4)7;/h3H,1-2H3,(H2,7,8,9);1H3. The normalized spacial score (nSPS) is 8.60. The fraction of sp³-hybridized carbons (Fsp3) is 0.333. The highest BCUT2D eigenvalue weighted by molar-refractivity contribution is 5.35. The molecule has 0 atom stereocenters. The molecule has 0 saturated heterocycles. The first-order chi connectivity index (χ1) is 4.20. The number of hydrogen-bond acceptors (Lipinski definition) is 4. The molecular weight excluding hydrogens is 128 g/mol. The number of rotatable bonds is 0. The quantitative estimate of drug-likeness (QED) is 0.559. The fourth-order valence-electron chi connectivity index (χ4n) is 0.548. The van der Waals surface area contributed by atoms with Crippen LogP contribution in [-0.2, 0) is 0 Å². The first-order valence-electron chi connectivity index (χ1n) is 2.76. The molecule has 1 heterocycles. The monoisotopic (exact) mass is 140 g/mol. The minimum atomic E-state index is 0. The zero-order chi connectivity index (χ0) is 6.85. The molecule has 1 rings (SSSR count). The minimum absolute atomic E-state index is 0. The van der Waals surface area contributed by atoms with Crippen molar-refractivity contribution in [2.45, 2.75) is 13.8 Å². The van der Waals surface area contributed by atoms with Crippen molar-refractivity contribution in [3.8, 4) is 0 Å². The predicted octanol–water partition coefficient (Wildman–Crippen LogP) is 0.838. The lowest BCUT2D eigenvalue weighted by atomic mass is 10.3. The molecule has 10 heavy (non-hydrogen) atoms. The maximum absolute atomic E-state index is 5.47. The Hall–Kier alpha value is -1.16. The molecule has 0 aromatic carbocycles. The second-order valence-electron chi connectivity index (χ2n) is 1.99. The van der Waals surface area contributed by atoms with E-state index in [9.17, 15) is 0 Å². The maximum atomic E-state index is 5.47. The SMILES string of the molecule is Cc1ncc(C)c(N)n1.N. The average Bonchev–Trinajstić information content (AvgIpc) is 1.80. The second-order valence-corrected chi connectivity index (χ2v) is 1.99. The van der Waals surface area contributed by atoms with Gasteiger partial charge in [-0.1, -0.05) is 0 Å². The van der Waals surface area contributed by atoms with Gasteiger partial charge >= 0.3 is 0 Å². The van der Waals surface area contributed by atoms with Crippen LogP contribution in [0.15, 0.2) is 6.20 Å². The number of anilines is 1. The van der Waals surface area contributed by atoms with Crippen LogP contribution < -0.4 is 11.9 Å². The third kappa shape index (κ3) is 1.66. The summed E-state index contributed by atoms with van der Waals surface area (Å²) in [5.74, 6) is 1.29. The average molecular weight is 140 g/mol. The summed E-state index contributed by atoms with van der Waals surface area (Å²) in [6.07, 6.45) is 1.72. The van der Waals surface area contributed by atoms with Crippen LogP contribution in [0.4, 0.5) is 5.82 Å². The number of nitrogens with zero attached hydrogens (tertiary/aromatic N) is 2. The van der Waals surface area contributed by atoms with Crippen molar-refractivity contribution < 1.29 is 0 Å². The first kappa shape index (κ1) is 8.84. The maximum Gasteiger partial charge on any atom is 0.129 e. The van der Waals surface area contributed by atoms with Gasteiger partial charge < -0.3 is 11.9 Å². The van der Waals surface area contributed by atoms with E-state index in [4.69, 9.17) is 5.73 Å². The van der Waals surface area contributed by atoms with E-state index in [1.54, 1.807) is 6.20 Å². The van der Waals surface area contributed by atoms with Crippen LogP contribution in [0, 0.1) is 13.8 Å². The zero-order valence-electron chi connectivity index (χ0n) is 6.26. The van der Waals surface area contributed by atoms with E-state index in [0.717, 1.165) is 11.4 Å². The summed E-state index contributed by atoms with van der Waals surface area (Å²) < 4.78 is 0. The van der Waals surface area contributed by atoms with E-state index < -0.39 is 0 Å². The van der Waals surface area contributed by atoms with E-state index >= 15 is 0 Å². The zero-order valence-corrected chi connectivity index (χ0v) is 6.26. The van der Waals surface area contributed by atoms with E-state index in [1.807, 2.05) is 13.8 Å². The molecule has 0 aliphatic heterocycles. The van der Waals surface area contributed by atoms with E-state index in [-0.39, 0.29) is 6.15 Å². The summed E-state index contributed by atoms with van der Waals surface area (Å²) in [5.41, 5.74) is 6.40. The Morgan fingerprint density at radius 1 is 1.40 bits per heavy atom. The molecule has 1 aromatic rings. The van der Waals surface area contributed by atoms with Crippen molar-refractivity contribution in [1.29, 1.82) is 0 Å². The molecule has 0 amide bonds. The van der Waals surface area contributed by atoms with Crippen molar-refractivity contribution in [2.75, 3.05) is 5.73 Å². The highest BCUT2D eigenvalue weighted by Crippen LogP contribution is 2.02. The largest absolute Gasteiger partial charge is 0.383 e. The van der Waals surface area contributed by atoms with Gasteiger partial charge in [-0.15, -0.1) is 0 Å². The molecule has 4 heteroatoms. The Morgan fingerprint density at radius 2 is 2.00 bits per heavy atom. The Kier molecular flexibility index (Phi) is 2.76. The van der Waals surface area contributed by atoms with Gasteiger partial charge in [0.05, 0.1) is 0 Å². The molecule has 0 fully saturated rings. The molecular formula is C6H12N4. The molecule has 0 aliphatic carbocycles. The number of nitrogens with two attached hydrogens (primary N) is 1. The number of aryl methyl sites for hydroxylation is 2. The number of hydrogen-bond donors (Lipinski definition) is 2. The molecule has 0 radical (unpaired) electrons. The van der Waals surface area contributed by atoms with Crippen LogP contribution in [-0.4, -0.2) is 9.97 Å². The lowest BCUT2D eigenvalue weighted by molar-refractivity contribution is 1.04. The van der Waals surface area contributed by atoms with E-state index in [0.29, 0.717) is 5.82 Å². The second kappa shape index (κ2) is 3.12. The number of aromatic nitrogens is 2.